The molecule has 0 unspecified atom stereocenters. The second kappa shape index (κ2) is 7.34. The van der Waals surface area contributed by atoms with Gasteiger partial charge in [0.05, 0.1) is 12.2 Å². The third-order valence-electron chi connectivity index (χ3n) is 3.45. The first-order valence-electron chi connectivity index (χ1n) is 7.63. The minimum atomic E-state index is -1.10. The third-order valence-corrected chi connectivity index (χ3v) is 3.45. The molecule has 0 saturated carbocycles. The number of carbonyl (C=O) groups is 1. The van der Waals surface area contributed by atoms with Crippen molar-refractivity contribution in [2.24, 2.45) is 0 Å². The number of hydrogen-bond donors (Lipinski definition) is 0. The monoisotopic (exact) mass is 363 g/mol. The number of rotatable bonds is 6. The molecule has 0 aliphatic carbocycles. The van der Waals surface area contributed by atoms with Crippen molar-refractivity contribution < 1.29 is 27.3 Å². The molecule has 0 radical (unpaired) electrons. The van der Waals surface area contributed by atoms with Crippen LogP contribution in [0, 0.1) is 18.6 Å². The highest BCUT2D eigenvalue weighted by Gasteiger charge is 2.19. The lowest BCUT2D eigenvalue weighted by molar-refractivity contribution is 0.0766. The second-order valence-electron chi connectivity index (χ2n) is 5.56. The molecule has 0 atom stereocenters. The van der Waals surface area contributed by atoms with Gasteiger partial charge in [-0.3, -0.25) is 4.79 Å². The lowest BCUT2D eigenvalue weighted by Crippen LogP contribution is -2.26. The molecule has 1 aromatic carbocycles. The Hall–Kier alpha value is -3.23. The van der Waals surface area contributed by atoms with Gasteiger partial charge in [-0.05, 0) is 19.1 Å². The van der Waals surface area contributed by atoms with Crippen LogP contribution in [0.15, 0.2) is 39.5 Å². The van der Waals surface area contributed by atoms with Crippen molar-refractivity contribution in [2.75, 3.05) is 7.05 Å². The van der Waals surface area contributed by atoms with Gasteiger partial charge in [-0.1, -0.05) is 11.2 Å². The first-order valence-corrected chi connectivity index (χ1v) is 7.63. The van der Waals surface area contributed by atoms with E-state index in [0.29, 0.717) is 11.5 Å². The van der Waals surface area contributed by atoms with Crippen LogP contribution in [0.2, 0.25) is 0 Å². The maximum absolute atomic E-state index is 13.5. The van der Waals surface area contributed by atoms with E-state index in [2.05, 4.69) is 10.1 Å². The minimum Gasteiger partial charge on any atom is -0.481 e. The highest BCUT2D eigenvalue weighted by Crippen LogP contribution is 2.20. The van der Waals surface area contributed by atoms with E-state index in [0.717, 1.165) is 6.07 Å². The van der Waals surface area contributed by atoms with Gasteiger partial charge in [-0.15, -0.1) is 0 Å². The van der Waals surface area contributed by atoms with Crippen LogP contribution in [-0.2, 0) is 13.2 Å². The Balaban J connectivity index is 1.61. The van der Waals surface area contributed by atoms with E-state index < -0.39 is 17.5 Å². The fourth-order valence-corrected chi connectivity index (χ4v) is 2.20. The van der Waals surface area contributed by atoms with Crippen LogP contribution in [0.25, 0.3) is 0 Å². The number of nitrogens with zero attached hydrogens (tertiary/aromatic N) is 3. The minimum absolute atomic E-state index is 0.0564. The number of aryl methyl sites for hydroxylation is 1. The van der Waals surface area contributed by atoms with Gasteiger partial charge in [0.25, 0.3) is 5.91 Å². The zero-order valence-electron chi connectivity index (χ0n) is 14.0. The number of carbonyl (C=O) groups excluding carboxylic acids is 1. The number of amides is 1. The molecule has 26 heavy (non-hydrogen) atoms. The molecule has 3 aromatic rings. The van der Waals surface area contributed by atoms with E-state index in [4.69, 9.17) is 13.7 Å². The van der Waals surface area contributed by atoms with E-state index >= 15 is 0 Å². The average Bonchev–Trinajstić information content (AvgIpc) is 3.24. The third kappa shape index (κ3) is 3.88. The molecule has 0 bridgehead atoms. The van der Waals surface area contributed by atoms with Crippen molar-refractivity contribution in [3.63, 3.8) is 0 Å². The maximum Gasteiger partial charge on any atom is 0.275 e. The predicted octanol–water partition coefficient (Wildman–Crippen LogP) is 3.10. The van der Waals surface area contributed by atoms with Crippen LogP contribution < -0.4 is 4.74 Å². The Kier molecular flexibility index (Phi) is 4.97. The standard InChI is InChI=1S/C17H15F2N3O4/c1-10-6-11(26-21-10)7-22(2)17(23)13-8-25-15(20-13)9-24-14-5-3-4-12(18)16(14)19/h3-6,8H,7,9H2,1-2H3. The van der Waals surface area contributed by atoms with Crippen LogP contribution in [0.5, 0.6) is 5.75 Å². The van der Waals surface area contributed by atoms with E-state index in [-0.39, 0.29) is 30.5 Å². The molecule has 136 valence electrons. The Morgan fingerprint density at radius 3 is 2.88 bits per heavy atom. The zero-order valence-corrected chi connectivity index (χ0v) is 14.0. The molecular weight excluding hydrogens is 348 g/mol. The van der Waals surface area contributed by atoms with Gasteiger partial charge in [0.2, 0.25) is 11.7 Å². The van der Waals surface area contributed by atoms with Crippen LogP contribution in [0.4, 0.5) is 8.78 Å². The smallest absolute Gasteiger partial charge is 0.275 e. The summed E-state index contributed by atoms with van der Waals surface area (Å²) >= 11 is 0. The summed E-state index contributed by atoms with van der Waals surface area (Å²) in [5.41, 5.74) is 0.772. The van der Waals surface area contributed by atoms with Crippen molar-refractivity contribution in [1.82, 2.24) is 15.0 Å². The molecule has 0 aliphatic heterocycles. The normalized spacial score (nSPS) is 10.8. The van der Waals surface area contributed by atoms with Crippen molar-refractivity contribution in [2.45, 2.75) is 20.1 Å². The summed E-state index contributed by atoms with van der Waals surface area (Å²) in [5, 5.41) is 3.75. The van der Waals surface area contributed by atoms with Crippen LogP contribution in [0.3, 0.4) is 0 Å². The molecule has 0 aliphatic rings. The fourth-order valence-electron chi connectivity index (χ4n) is 2.20. The number of benzene rings is 1. The SMILES string of the molecule is Cc1cc(CN(C)C(=O)c2coc(COc3cccc(F)c3F)n2)on1. The summed E-state index contributed by atoms with van der Waals surface area (Å²) < 4.78 is 42.0. The van der Waals surface area contributed by atoms with E-state index in [9.17, 15) is 13.6 Å². The highest BCUT2D eigenvalue weighted by atomic mass is 19.2. The Labute approximate surface area is 147 Å². The number of ether oxygens (including phenoxy) is 1. The van der Waals surface area contributed by atoms with Gasteiger partial charge >= 0.3 is 0 Å². The van der Waals surface area contributed by atoms with Crippen molar-refractivity contribution in [1.29, 1.82) is 0 Å². The Morgan fingerprint density at radius 1 is 1.35 bits per heavy atom. The molecule has 0 spiro atoms. The molecule has 7 nitrogen and oxygen atoms in total. The van der Waals surface area contributed by atoms with Crippen LogP contribution in [-0.4, -0.2) is 28.0 Å². The van der Waals surface area contributed by atoms with E-state index in [1.807, 2.05) is 0 Å². The molecule has 9 heteroatoms. The molecule has 1 amide bonds. The molecule has 0 saturated heterocycles. The first-order chi connectivity index (χ1) is 12.4. The van der Waals surface area contributed by atoms with Crippen molar-refractivity contribution in [3.05, 3.63) is 65.2 Å². The van der Waals surface area contributed by atoms with E-state index in [1.165, 1.54) is 23.3 Å². The predicted molar refractivity (Wildman–Crippen MR) is 84.2 cm³/mol. The molecule has 0 N–H and O–H groups in total. The largest absolute Gasteiger partial charge is 0.481 e. The molecule has 2 heterocycles. The van der Waals surface area contributed by atoms with Gasteiger partial charge in [0.1, 0.15) is 6.26 Å². The zero-order chi connectivity index (χ0) is 18.7. The van der Waals surface area contributed by atoms with Gasteiger partial charge in [0, 0.05) is 13.1 Å². The first kappa shape index (κ1) is 17.6. The quantitative estimate of drug-likeness (QED) is 0.669. The molecule has 3 rings (SSSR count). The highest BCUT2D eigenvalue weighted by molar-refractivity contribution is 5.91. The molecular formula is C17H15F2N3O4. The van der Waals surface area contributed by atoms with Crippen molar-refractivity contribution in [3.8, 4) is 5.75 Å². The molecule has 2 aromatic heterocycles. The average molecular weight is 363 g/mol. The van der Waals surface area contributed by atoms with Crippen LogP contribution in [0.1, 0.15) is 27.8 Å². The number of halogens is 2. The van der Waals surface area contributed by atoms with Crippen molar-refractivity contribution >= 4 is 5.91 Å². The summed E-state index contributed by atoms with van der Waals surface area (Å²) in [6.45, 7) is 1.74. The summed E-state index contributed by atoms with van der Waals surface area (Å²) in [6.07, 6.45) is 1.17. The maximum atomic E-state index is 13.5. The van der Waals surface area contributed by atoms with Gasteiger partial charge < -0.3 is 18.6 Å². The number of hydrogen-bond acceptors (Lipinski definition) is 6. The number of oxazole rings is 1. The Morgan fingerprint density at radius 2 is 2.15 bits per heavy atom. The summed E-state index contributed by atoms with van der Waals surface area (Å²) in [7, 11) is 1.58. The van der Waals surface area contributed by atoms with Gasteiger partial charge in [-0.2, -0.15) is 4.39 Å². The lowest BCUT2D eigenvalue weighted by atomic mass is 10.3. The summed E-state index contributed by atoms with van der Waals surface area (Å²) in [5.74, 6) is -2.19. The summed E-state index contributed by atoms with van der Waals surface area (Å²) in [4.78, 5) is 17.7. The Bertz CT molecular complexity index is 922. The van der Waals surface area contributed by atoms with Crippen LogP contribution >= 0.6 is 0 Å². The van der Waals surface area contributed by atoms with Gasteiger partial charge in [-0.25, -0.2) is 9.37 Å². The topological polar surface area (TPSA) is 81.6 Å². The molecule has 0 fully saturated rings. The van der Waals surface area contributed by atoms with Gasteiger partial charge in [0.15, 0.2) is 29.6 Å². The lowest BCUT2D eigenvalue weighted by Gasteiger charge is -2.12. The second-order valence-corrected chi connectivity index (χ2v) is 5.56. The fraction of sp³-hybridized carbons (Fsp3) is 0.235. The number of aromatic nitrogens is 2. The van der Waals surface area contributed by atoms with E-state index in [1.54, 1.807) is 20.0 Å². The summed E-state index contributed by atoms with van der Waals surface area (Å²) in [6, 6.07) is 5.30.